The Morgan fingerprint density at radius 2 is 0.692 bits per heavy atom. The van der Waals surface area contributed by atoms with E-state index in [0.29, 0.717) is 91.6 Å². The first kappa shape index (κ1) is 81.1. The SMILES string of the molecule is CC(O)CC(C)(C)O.CC(O)CO.CC(O)COCC(C)O.CCC(O)OC(O)CC.CCC(O)OCC(C)OC(O)CC.OCCO.OCCOCCO.OCCOCCOCCO. The second kappa shape index (κ2) is 67.3. The molecule has 23 nitrogen and oxygen atoms in total. The molecule has 9 unspecified atom stereocenters. The van der Waals surface area contributed by atoms with Crippen molar-refractivity contribution in [2.45, 2.75) is 170 Å². The molecule has 0 fully saturated rings. The van der Waals surface area contributed by atoms with Crippen LogP contribution in [0.15, 0.2) is 0 Å². The summed E-state index contributed by atoms with van der Waals surface area (Å²) in [5.41, 5.74) is -0.728. The Labute approximate surface area is 389 Å². The Morgan fingerprint density at radius 1 is 0.385 bits per heavy atom. The Morgan fingerprint density at radius 3 is 0.908 bits per heavy atom. The summed E-state index contributed by atoms with van der Waals surface area (Å²) >= 11 is 0. The van der Waals surface area contributed by atoms with E-state index in [-0.39, 0.29) is 52.4 Å². The summed E-state index contributed by atoms with van der Waals surface area (Å²) < 4.78 is 34.0. The van der Waals surface area contributed by atoms with Crippen molar-refractivity contribution in [2.24, 2.45) is 0 Å². The molecule has 0 aromatic rings. The van der Waals surface area contributed by atoms with Crippen LogP contribution in [-0.4, -0.2) is 249 Å². The highest BCUT2D eigenvalue weighted by atomic mass is 16.7. The monoisotopic (exact) mass is 973 g/mol. The third-order valence-electron chi connectivity index (χ3n) is 5.82. The van der Waals surface area contributed by atoms with Gasteiger partial charge in [0.2, 0.25) is 0 Å². The summed E-state index contributed by atoms with van der Waals surface area (Å²) in [5.74, 6) is 0. The van der Waals surface area contributed by atoms with Gasteiger partial charge in [0, 0.05) is 6.42 Å². The average Bonchev–Trinajstić information content (AvgIpc) is 3.24. The van der Waals surface area contributed by atoms with Gasteiger partial charge in [-0.05, 0) is 74.1 Å². The van der Waals surface area contributed by atoms with Crippen LogP contribution in [0.2, 0.25) is 0 Å². The largest absolute Gasteiger partial charge is 0.394 e. The van der Waals surface area contributed by atoms with Crippen LogP contribution in [0, 0.1) is 0 Å². The zero-order valence-electron chi connectivity index (χ0n) is 41.6. The molecule has 0 aromatic carbocycles. The molecule has 0 spiro atoms. The highest BCUT2D eigenvalue weighted by Gasteiger charge is 2.14. The molecule has 9 atom stereocenters. The number of aliphatic hydroxyl groups excluding tert-OH is 15. The molecule has 0 aliphatic rings. The molecule has 0 aliphatic carbocycles. The molecule has 0 saturated heterocycles. The minimum absolute atomic E-state index is 0.0278. The van der Waals surface area contributed by atoms with Gasteiger partial charge in [-0.3, -0.25) is 0 Å². The molecular weight excluding hydrogens is 872 g/mol. The Balaban J connectivity index is -0.0000000971. The highest BCUT2D eigenvalue weighted by molar-refractivity contribution is 4.67. The van der Waals surface area contributed by atoms with Crippen molar-refractivity contribution in [3.05, 3.63) is 0 Å². The number of rotatable bonds is 30. The summed E-state index contributed by atoms with van der Waals surface area (Å²) in [6.45, 7) is 21.8. The van der Waals surface area contributed by atoms with Gasteiger partial charge in [-0.2, -0.15) is 0 Å². The van der Waals surface area contributed by atoms with Crippen LogP contribution in [0.5, 0.6) is 0 Å². The molecule has 0 rings (SSSR count). The molecule has 0 radical (unpaired) electrons. The van der Waals surface area contributed by atoms with E-state index in [1.54, 1.807) is 55.4 Å². The Kier molecular flexibility index (Phi) is 84.0. The van der Waals surface area contributed by atoms with Crippen LogP contribution in [0.4, 0.5) is 0 Å². The number of hydrogen-bond acceptors (Lipinski definition) is 23. The molecule has 0 heterocycles. The topological polar surface area (TPSA) is 388 Å². The van der Waals surface area contributed by atoms with E-state index in [9.17, 15) is 0 Å². The fourth-order valence-corrected chi connectivity index (χ4v) is 2.96. The predicted molar refractivity (Wildman–Crippen MR) is 243 cm³/mol. The molecule has 16 N–H and O–H groups in total. The standard InChI is InChI=1S/C9H20O4.C6H14O4.2C6H14O3.C6H14O2.C4H10O3.C3H8O2.C2H6O2/c1-4-8(10)12-6-7(3)13-9(11)5-2;7-1-3-9-5-6-10-4-2-8;1-5(7)3-9-4-6(2)8;1-3-5(7)9-6(8)4-2;1-5(7)4-6(2,3)8;5-1-3-7-4-2-6;1-3(5)2-4;3-1-2-4/h7-11H,4-6H2,1-3H3;7-8H,1-6H2;2*5-8H,3-4H2,1-2H3;5,7-8H,4H2,1-3H3;5-6H,1-4H2;3-5H,2H2,1H3;3-4H,1-2H2. The van der Waals surface area contributed by atoms with Crippen LogP contribution in [0.3, 0.4) is 0 Å². The van der Waals surface area contributed by atoms with Crippen LogP contribution in [0.1, 0.15) is 108 Å². The fraction of sp³-hybridized carbons (Fsp3) is 1.00. The molecule has 0 amide bonds. The summed E-state index contributed by atoms with van der Waals surface area (Å²) in [6.07, 6.45) is -2.58. The maximum atomic E-state index is 9.11. The van der Waals surface area contributed by atoms with Crippen molar-refractivity contribution in [3.8, 4) is 0 Å². The fourth-order valence-electron chi connectivity index (χ4n) is 2.96. The second-order valence-electron chi connectivity index (χ2n) is 14.2. The van der Waals surface area contributed by atoms with Crippen molar-refractivity contribution in [2.75, 3.05) is 106 Å². The number of ether oxygens (including phenoxy) is 7. The van der Waals surface area contributed by atoms with E-state index >= 15 is 0 Å². The third-order valence-corrected chi connectivity index (χ3v) is 5.82. The van der Waals surface area contributed by atoms with E-state index in [1.165, 1.54) is 6.92 Å². The van der Waals surface area contributed by atoms with Gasteiger partial charge >= 0.3 is 0 Å². The minimum Gasteiger partial charge on any atom is -0.394 e. The summed E-state index contributed by atoms with van der Waals surface area (Å²) in [5, 5.41) is 135. The maximum Gasteiger partial charge on any atom is 0.157 e. The molecule has 0 aromatic heterocycles. The van der Waals surface area contributed by atoms with Gasteiger partial charge in [-0.25, -0.2) is 0 Å². The van der Waals surface area contributed by atoms with Crippen molar-refractivity contribution in [3.63, 3.8) is 0 Å². The van der Waals surface area contributed by atoms with Crippen LogP contribution in [-0.2, 0) is 33.2 Å². The van der Waals surface area contributed by atoms with Gasteiger partial charge < -0.3 is 115 Å². The summed E-state index contributed by atoms with van der Waals surface area (Å²) in [4.78, 5) is 0. The third kappa shape index (κ3) is 116. The molecular formula is C42H100O23. The van der Waals surface area contributed by atoms with Gasteiger partial charge in [-0.1, -0.05) is 27.7 Å². The van der Waals surface area contributed by atoms with Gasteiger partial charge in [0.1, 0.15) is 0 Å². The quantitative estimate of drug-likeness (QED) is 0.0272. The first-order valence-electron chi connectivity index (χ1n) is 22.0. The number of hydrogen-bond donors (Lipinski definition) is 16. The lowest BCUT2D eigenvalue weighted by molar-refractivity contribution is -0.208. The van der Waals surface area contributed by atoms with Crippen molar-refractivity contribution in [1.82, 2.24) is 0 Å². The summed E-state index contributed by atoms with van der Waals surface area (Å²) in [6, 6.07) is 0. The lowest BCUT2D eigenvalue weighted by atomic mass is 10.0. The number of aliphatic hydroxyl groups is 16. The smallest absolute Gasteiger partial charge is 0.157 e. The zero-order chi connectivity index (χ0) is 52.5. The molecule has 23 heteroatoms. The van der Waals surface area contributed by atoms with E-state index in [0.717, 1.165) is 0 Å². The minimum atomic E-state index is -0.819. The molecule has 0 saturated carbocycles. The highest BCUT2D eigenvalue weighted by Crippen LogP contribution is 2.09. The average molecular weight is 973 g/mol. The van der Waals surface area contributed by atoms with Crippen molar-refractivity contribution < 1.29 is 115 Å². The zero-order valence-corrected chi connectivity index (χ0v) is 41.6. The van der Waals surface area contributed by atoms with E-state index in [2.05, 4.69) is 9.47 Å². The van der Waals surface area contributed by atoms with E-state index in [4.69, 9.17) is 105 Å². The van der Waals surface area contributed by atoms with Gasteiger partial charge in [0.15, 0.2) is 25.2 Å². The van der Waals surface area contributed by atoms with Crippen molar-refractivity contribution >= 4 is 0 Å². The first-order chi connectivity index (χ1) is 30.4. The molecule has 0 bridgehead atoms. The second-order valence-corrected chi connectivity index (χ2v) is 14.2. The van der Waals surface area contributed by atoms with Gasteiger partial charge in [0.05, 0.1) is 142 Å². The van der Waals surface area contributed by atoms with Gasteiger partial charge in [-0.15, -0.1) is 0 Å². The van der Waals surface area contributed by atoms with Gasteiger partial charge in [0.25, 0.3) is 0 Å². The van der Waals surface area contributed by atoms with E-state index in [1.807, 2.05) is 13.8 Å². The van der Waals surface area contributed by atoms with Crippen LogP contribution < -0.4 is 0 Å². The predicted octanol–water partition coefficient (Wildman–Crippen LogP) is -2.06. The summed E-state index contributed by atoms with van der Waals surface area (Å²) in [7, 11) is 0. The lowest BCUT2D eigenvalue weighted by Gasteiger charge is -2.18. The molecule has 65 heavy (non-hydrogen) atoms. The molecule has 0 aliphatic heterocycles. The Hall–Kier alpha value is -0.920. The van der Waals surface area contributed by atoms with E-state index < -0.39 is 55.2 Å². The van der Waals surface area contributed by atoms with Crippen LogP contribution in [0.25, 0.3) is 0 Å². The molecule has 406 valence electrons. The van der Waals surface area contributed by atoms with Crippen LogP contribution >= 0.6 is 0 Å². The van der Waals surface area contributed by atoms with Crippen molar-refractivity contribution in [1.29, 1.82) is 0 Å². The lowest BCUT2D eigenvalue weighted by Crippen LogP contribution is -2.25. The first-order valence-corrected chi connectivity index (χ1v) is 22.0. The normalized spacial score (nSPS) is 14.6. The maximum absolute atomic E-state index is 9.11. The Bertz CT molecular complexity index is 737.